The molecule has 1 aliphatic rings. The van der Waals surface area contributed by atoms with E-state index < -0.39 is 0 Å². The third-order valence-electron chi connectivity index (χ3n) is 2.71. The van der Waals surface area contributed by atoms with Crippen LogP contribution in [0.2, 0.25) is 0 Å². The highest BCUT2D eigenvalue weighted by Gasteiger charge is 2.35. The van der Waals surface area contributed by atoms with Crippen molar-refractivity contribution >= 4 is 11.8 Å². The van der Waals surface area contributed by atoms with Gasteiger partial charge >= 0.3 is 0 Å². The molecule has 0 unspecified atom stereocenters. The lowest BCUT2D eigenvalue weighted by molar-refractivity contribution is -0.128. The van der Waals surface area contributed by atoms with E-state index in [9.17, 15) is 9.59 Å². The number of carbonyl (C=O) groups excluding carboxylic acids is 2. The summed E-state index contributed by atoms with van der Waals surface area (Å²) in [5.41, 5.74) is 0.616. The van der Waals surface area contributed by atoms with E-state index in [4.69, 9.17) is 0 Å². The van der Waals surface area contributed by atoms with Crippen molar-refractivity contribution in [2.75, 3.05) is 20.1 Å². The highest BCUT2D eigenvalue weighted by Crippen LogP contribution is 2.18. The number of rotatable bonds is 2. The number of nitrogens with one attached hydrogen (secondary N) is 1. The van der Waals surface area contributed by atoms with Crippen LogP contribution in [-0.4, -0.2) is 41.8 Å². The molecular weight excluding hydrogens is 206 g/mol. The zero-order chi connectivity index (χ0) is 11.5. The first kappa shape index (κ1) is 10.6. The molecule has 1 saturated heterocycles. The molecule has 0 bridgehead atoms. The van der Waals surface area contributed by atoms with Crippen molar-refractivity contribution in [1.29, 1.82) is 0 Å². The lowest BCUT2D eigenvalue weighted by Crippen LogP contribution is -2.55. The Hall–Kier alpha value is -1.91. The van der Waals surface area contributed by atoms with E-state index >= 15 is 0 Å². The van der Waals surface area contributed by atoms with Crippen LogP contribution in [0, 0.1) is 5.92 Å². The van der Waals surface area contributed by atoms with Gasteiger partial charge in [0.25, 0.3) is 5.91 Å². The van der Waals surface area contributed by atoms with Crippen LogP contribution in [0.15, 0.2) is 24.5 Å². The maximum Gasteiger partial charge on any atom is 0.254 e. The van der Waals surface area contributed by atoms with Crippen LogP contribution in [0.3, 0.4) is 0 Å². The first-order valence-corrected chi connectivity index (χ1v) is 5.13. The number of carbonyl (C=O) groups is 2. The fourth-order valence-corrected chi connectivity index (χ4v) is 1.69. The van der Waals surface area contributed by atoms with Gasteiger partial charge < -0.3 is 10.2 Å². The minimum atomic E-state index is -0.0595. The maximum atomic E-state index is 11.8. The van der Waals surface area contributed by atoms with E-state index in [0.29, 0.717) is 18.7 Å². The zero-order valence-corrected chi connectivity index (χ0v) is 9.01. The molecule has 2 heterocycles. The second-order valence-corrected chi connectivity index (χ2v) is 3.76. The number of nitrogens with zero attached hydrogens (tertiary/aromatic N) is 2. The average Bonchev–Trinajstić information content (AvgIpc) is 2.27. The highest BCUT2D eigenvalue weighted by atomic mass is 16.2. The summed E-state index contributed by atoms with van der Waals surface area (Å²) in [5.74, 6) is -0.0999. The van der Waals surface area contributed by atoms with Crippen molar-refractivity contribution in [2.24, 2.45) is 5.92 Å². The molecular formula is C11H13N3O2. The number of hydrogen-bond acceptors (Lipinski definition) is 3. The first-order valence-electron chi connectivity index (χ1n) is 5.13. The van der Waals surface area contributed by atoms with Gasteiger partial charge in [-0.15, -0.1) is 0 Å². The van der Waals surface area contributed by atoms with E-state index in [1.807, 2.05) is 0 Å². The molecule has 0 radical (unpaired) electrons. The number of hydrogen-bond donors (Lipinski definition) is 1. The summed E-state index contributed by atoms with van der Waals surface area (Å²) in [6.45, 7) is 1.00. The van der Waals surface area contributed by atoms with Crippen LogP contribution in [0.25, 0.3) is 0 Å². The SMILES string of the molecule is CNC(=O)C1CN(C(=O)c2ccncc2)C1. The van der Waals surface area contributed by atoms with Gasteiger partial charge in [-0.1, -0.05) is 0 Å². The number of pyridine rings is 1. The smallest absolute Gasteiger partial charge is 0.254 e. The van der Waals surface area contributed by atoms with Gasteiger partial charge in [0.15, 0.2) is 0 Å². The van der Waals surface area contributed by atoms with Gasteiger partial charge in [0.05, 0.1) is 5.92 Å². The molecule has 1 aliphatic heterocycles. The zero-order valence-electron chi connectivity index (χ0n) is 9.01. The van der Waals surface area contributed by atoms with Crippen molar-refractivity contribution in [1.82, 2.24) is 15.2 Å². The summed E-state index contributed by atoms with van der Waals surface area (Å²) in [6, 6.07) is 3.35. The highest BCUT2D eigenvalue weighted by molar-refractivity contribution is 5.95. The fraction of sp³-hybridized carbons (Fsp3) is 0.364. The maximum absolute atomic E-state index is 11.8. The second kappa shape index (κ2) is 4.30. The van der Waals surface area contributed by atoms with Crippen LogP contribution < -0.4 is 5.32 Å². The van der Waals surface area contributed by atoms with Crippen molar-refractivity contribution in [3.8, 4) is 0 Å². The van der Waals surface area contributed by atoms with E-state index in [1.165, 1.54) is 0 Å². The summed E-state index contributed by atoms with van der Waals surface area (Å²) < 4.78 is 0. The van der Waals surface area contributed by atoms with Crippen molar-refractivity contribution in [3.05, 3.63) is 30.1 Å². The lowest BCUT2D eigenvalue weighted by atomic mass is 9.98. The van der Waals surface area contributed by atoms with Gasteiger partial charge in [0.1, 0.15) is 0 Å². The molecule has 16 heavy (non-hydrogen) atoms. The minimum Gasteiger partial charge on any atom is -0.359 e. The van der Waals surface area contributed by atoms with Gasteiger partial charge in [-0.05, 0) is 12.1 Å². The molecule has 2 amide bonds. The summed E-state index contributed by atoms with van der Waals surface area (Å²) in [4.78, 5) is 28.6. The molecule has 0 aromatic carbocycles. The van der Waals surface area contributed by atoms with Gasteiger partial charge in [0, 0.05) is 38.1 Å². The van der Waals surface area contributed by atoms with Crippen molar-refractivity contribution in [3.63, 3.8) is 0 Å². The third kappa shape index (κ3) is 1.88. The van der Waals surface area contributed by atoms with Crippen LogP contribution in [0.4, 0.5) is 0 Å². The molecule has 0 spiro atoms. The molecule has 1 aromatic heterocycles. The Morgan fingerprint density at radius 3 is 2.56 bits per heavy atom. The molecule has 5 heteroatoms. The van der Waals surface area contributed by atoms with Gasteiger partial charge in [-0.25, -0.2) is 0 Å². The molecule has 84 valence electrons. The molecule has 1 aromatic rings. The Morgan fingerprint density at radius 1 is 1.38 bits per heavy atom. The molecule has 5 nitrogen and oxygen atoms in total. The monoisotopic (exact) mass is 219 g/mol. The molecule has 0 saturated carbocycles. The quantitative estimate of drug-likeness (QED) is 0.755. The van der Waals surface area contributed by atoms with Gasteiger partial charge in [-0.2, -0.15) is 0 Å². The standard InChI is InChI=1S/C11H13N3O2/c1-12-10(15)9-6-14(7-9)11(16)8-2-4-13-5-3-8/h2-5,9H,6-7H2,1H3,(H,12,15). The van der Waals surface area contributed by atoms with E-state index in [0.717, 1.165) is 0 Å². The van der Waals surface area contributed by atoms with Gasteiger partial charge in [0.2, 0.25) is 5.91 Å². The van der Waals surface area contributed by atoms with Gasteiger partial charge in [-0.3, -0.25) is 14.6 Å². The predicted molar refractivity (Wildman–Crippen MR) is 57.7 cm³/mol. The normalized spacial score (nSPS) is 15.4. The Bertz CT molecular complexity index is 399. The number of likely N-dealkylation sites (tertiary alicyclic amines) is 1. The summed E-state index contributed by atoms with van der Waals surface area (Å²) in [5, 5.41) is 2.58. The Labute approximate surface area is 93.5 Å². The van der Waals surface area contributed by atoms with Crippen LogP contribution in [-0.2, 0) is 4.79 Å². The van der Waals surface area contributed by atoms with Crippen molar-refractivity contribution < 1.29 is 9.59 Å². The number of aromatic nitrogens is 1. The predicted octanol–water partition coefficient (Wildman–Crippen LogP) is -0.100. The first-order chi connectivity index (χ1) is 7.72. The molecule has 1 fully saturated rings. The molecule has 2 rings (SSSR count). The third-order valence-corrected chi connectivity index (χ3v) is 2.71. The largest absolute Gasteiger partial charge is 0.359 e. The molecule has 0 aliphatic carbocycles. The van der Waals surface area contributed by atoms with E-state index in [2.05, 4.69) is 10.3 Å². The number of amides is 2. The summed E-state index contributed by atoms with van der Waals surface area (Å²) in [7, 11) is 1.61. The molecule has 1 N–H and O–H groups in total. The molecule has 0 atom stereocenters. The van der Waals surface area contributed by atoms with Crippen LogP contribution in [0.1, 0.15) is 10.4 Å². The van der Waals surface area contributed by atoms with E-state index in [-0.39, 0.29) is 17.7 Å². The Kier molecular flexibility index (Phi) is 2.85. The van der Waals surface area contributed by atoms with Crippen LogP contribution in [0.5, 0.6) is 0 Å². The fourth-order valence-electron chi connectivity index (χ4n) is 1.69. The topological polar surface area (TPSA) is 62.3 Å². The summed E-state index contributed by atoms with van der Waals surface area (Å²) in [6.07, 6.45) is 3.17. The second-order valence-electron chi connectivity index (χ2n) is 3.76. The Balaban J connectivity index is 1.93. The van der Waals surface area contributed by atoms with Crippen LogP contribution >= 0.6 is 0 Å². The van der Waals surface area contributed by atoms with E-state index in [1.54, 1.807) is 36.5 Å². The van der Waals surface area contributed by atoms with Crippen molar-refractivity contribution in [2.45, 2.75) is 0 Å². The summed E-state index contributed by atoms with van der Waals surface area (Å²) >= 11 is 0. The lowest BCUT2D eigenvalue weighted by Gasteiger charge is -2.37. The average molecular weight is 219 g/mol. The minimum absolute atomic E-state index is 0.00113. The Morgan fingerprint density at radius 2 is 2.00 bits per heavy atom.